The molecule has 0 spiro atoms. The third-order valence-electron chi connectivity index (χ3n) is 2.56. The van der Waals surface area contributed by atoms with Crippen LogP contribution in [0.15, 0.2) is 42.6 Å². The van der Waals surface area contributed by atoms with Gasteiger partial charge in [-0.2, -0.15) is 0 Å². The molecule has 5 nitrogen and oxygen atoms in total. The fraction of sp³-hybridized carbons (Fsp3) is 0.0769. The number of benzene rings is 1. The van der Waals surface area contributed by atoms with E-state index in [1.54, 1.807) is 12.1 Å². The van der Waals surface area contributed by atoms with Crippen LogP contribution in [0.2, 0.25) is 0 Å². The zero-order chi connectivity index (χ0) is 13.0. The average molecular weight is 242 g/mol. The smallest absolute Gasteiger partial charge is 0.248 e. The van der Waals surface area contributed by atoms with Gasteiger partial charge in [0, 0.05) is 24.0 Å². The molecule has 2 rings (SSSR count). The highest BCUT2D eigenvalue weighted by atomic mass is 16.1. The number of pyridine rings is 1. The van der Waals surface area contributed by atoms with E-state index in [1.807, 2.05) is 24.3 Å². The van der Waals surface area contributed by atoms with Crippen LogP contribution in [0.1, 0.15) is 15.9 Å². The summed E-state index contributed by atoms with van der Waals surface area (Å²) in [5.41, 5.74) is 13.1. The summed E-state index contributed by atoms with van der Waals surface area (Å²) in [6.45, 7) is 0.544. The normalized spacial score (nSPS) is 10.0. The molecule has 92 valence electrons. The minimum atomic E-state index is -0.473. The van der Waals surface area contributed by atoms with E-state index in [2.05, 4.69) is 10.3 Å². The van der Waals surface area contributed by atoms with Crippen molar-refractivity contribution in [1.82, 2.24) is 4.98 Å². The Morgan fingerprint density at radius 3 is 2.78 bits per heavy atom. The van der Waals surface area contributed by atoms with Crippen LogP contribution in [0.3, 0.4) is 0 Å². The lowest BCUT2D eigenvalue weighted by molar-refractivity contribution is 0.1000. The first-order chi connectivity index (χ1) is 8.66. The van der Waals surface area contributed by atoms with E-state index in [0.29, 0.717) is 17.9 Å². The summed E-state index contributed by atoms with van der Waals surface area (Å²) in [6.07, 6.45) is 1.54. The zero-order valence-corrected chi connectivity index (χ0v) is 9.76. The number of para-hydroxylation sites is 1. The van der Waals surface area contributed by atoms with Crippen LogP contribution in [-0.2, 0) is 6.54 Å². The highest BCUT2D eigenvalue weighted by molar-refractivity contribution is 5.93. The van der Waals surface area contributed by atoms with E-state index in [-0.39, 0.29) is 0 Å². The molecule has 18 heavy (non-hydrogen) atoms. The van der Waals surface area contributed by atoms with Crippen molar-refractivity contribution >= 4 is 17.4 Å². The van der Waals surface area contributed by atoms with Gasteiger partial charge in [0.15, 0.2) is 0 Å². The number of primary amides is 1. The standard InChI is InChI=1S/C13H14N4O/c14-11-4-2-1-3-10(11)8-17-12-7-9(13(15)18)5-6-16-12/h1-7H,8,14H2,(H2,15,18)(H,16,17). The second-order valence-corrected chi connectivity index (χ2v) is 3.85. The highest BCUT2D eigenvalue weighted by Gasteiger charge is 2.03. The monoisotopic (exact) mass is 242 g/mol. The van der Waals surface area contributed by atoms with E-state index >= 15 is 0 Å². The number of nitrogen functional groups attached to an aromatic ring is 1. The fourth-order valence-corrected chi connectivity index (χ4v) is 1.56. The van der Waals surface area contributed by atoms with E-state index in [1.165, 1.54) is 6.20 Å². The molecule has 0 aliphatic carbocycles. The van der Waals surface area contributed by atoms with Crippen LogP contribution < -0.4 is 16.8 Å². The number of carbonyl (C=O) groups is 1. The molecule has 0 unspecified atom stereocenters. The summed E-state index contributed by atoms with van der Waals surface area (Å²) in [6, 6.07) is 10.8. The second kappa shape index (κ2) is 5.18. The number of hydrogen-bond donors (Lipinski definition) is 3. The second-order valence-electron chi connectivity index (χ2n) is 3.85. The lowest BCUT2D eigenvalue weighted by Crippen LogP contribution is -2.12. The van der Waals surface area contributed by atoms with Crippen molar-refractivity contribution < 1.29 is 4.79 Å². The van der Waals surface area contributed by atoms with E-state index < -0.39 is 5.91 Å². The Bertz CT molecular complexity index is 568. The predicted molar refractivity (Wildman–Crippen MR) is 70.9 cm³/mol. The summed E-state index contributed by atoms with van der Waals surface area (Å²) in [4.78, 5) is 15.1. The quantitative estimate of drug-likeness (QED) is 0.706. The molecular formula is C13H14N4O. The fourth-order valence-electron chi connectivity index (χ4n) is 1.56. The highest BCUT2D eigenvalue weighted by Crippen LogP contribution is 2.13. The maximum atomic E-state index is 11.0. The number of rotatable bonds is 4. The first kappa shape index (κ1) is 11.9. The van der Waals surface area contributed by atoms with Gasteiger partial charge in [0.05, 0.1) is 0 Å². The summed E-state index contributed by atoms with van der Waals surface area (Å²) < 4.78 is 0. The Labute approximate surface area is 105 Å². The topological polar surface area (TPSA) is 94.0 Å². The van der Waals surface area contributed by atoms with Gasteiger partial charge in [-0.05, 0) is 23.8 Å². The van der Waals surface area contributed by atoms with Crippen LogP contribution in [0, 0.1) is 0 Å². The van der Waals surface area contributed by atoms with Crippen molar-refractivity contribution in [3.05, 3.63) is 53.7 Å². The maximum Gasteiger partial charge on any atom is 0.248 e. The number of amides is 1. The van der Waals surface area contributed by atoms with Gasteiger partial charge >= 0.3 is 0 Å². The molecule has 0 radical (unpaired) electrons. The molecule has 0 saturated heterocycles. The molecule has 0 atom stereocenters. The number of nitrogens with zero attached hydrogens (tertiary/aromatic N) is 1. The molecule has 5 heteroatoms. The first-order valence-electron chi connectivity index (χ1n) is 5.50. The third kappa shape index (κ3) is 2.76. The minimum Gasteiger partial charge on any atom is -0.398 e. The van der Waals surface area contributed by atoms with Crippen molar-refractivity contribution in [3.8, 4) is 0 Å². The molecule has 1 heterocycles. The molecule has 1 aromatic heterocycles. The molecule has 0 aliphatic rings. The third-order valence-corrected chi connectivity index (χ3v) is 2.56. The summed E-state index contributed by atoms with van der Waals surface area (Å²) in [5.74, 6) is 0.120. The Balaban J connectivity index is 2.09. The van der Waals surface area contributed by atoms with Crippen LogP contribution in [0.5, 0.6) is 0 Å². The molecule has 2 aromatic rings. The van der Waals surface area contributed by atoms with Gasteiger partial charge in [-0.1, -0.05) is 18.2 Å². The Hall–Kier alpha value is -2.56. The van der Waals surface area contributed by atoms with E-state index in [0.717, 1.165) is 11.3 Å². The molecule has 1 amide bonds. The number of hydrogen-bond acceptors (Lipinski definition) is 4. The van der Waals surface area contributed by atoms with Crippen LogP contribution in [0.25, 0.3) is 0 Å². The average Bonchev–Trinajstić information content (AvgIpc) is 2.38. The van der Waals surface area contributed by atoms with Gasteiger partial charge in [-0.3, -0.25) is 4.79 Å². The van der Waals surface area contributed by atoms with Crippen molar-refractivity contribution in [2.45, 2.75) is 6.54 Å². The molecule has 0 fully saturated rings. The summed E-state index contributed by atoms with van der Waals surface area (Å²) in [5, 5.41) is 3.10. The summed E-state index contributed by atoms with van der Waals surface area (Å²) >= 11 is 0. The lowest BCUT2D eigenvalue weighted by atomic mass is 10.2. The van der Waals surface area contributed by atoms with Crippen LogP contribution in [0.4, 0.5) is 11.5 Å². The van der Waals surface area contributed by atoms with E-state index in [9.17, 15) is 4.79 Å². The zero-order valence-electron chi connectivity index (χ0n) is 9.76. The first-order valence-corrected chi connectivity index (χ1v) is 5.50. The minimum absolute atomic E-state index is 0.425. The molecule has 0 bridgehead atoms. The Morgan fingerprint density at radius 2 is 2.06 bits per heavy atom. The van der Waals surface area contributed by atoms with Crippen LogP contribution >= 0.6 is 0 Å². The van der Waals surface area contributed by atoms with E-state index in [4.69, 9.17) is 11.5 Å². The SMILES string of the molecule is NC(=O)c1ccnc(NCc2ccccc2N)c1. The lowest BCUT2D eigenvalue weighted by Gasteiger charge is -2.08. The maximum absolute atomic E-state index is 11.0. The van der Waals surface area contributed by atoms with Crippen molar-refractivity contribution in [3.63, 3.8) is 0 Å². The molecule has 0 aliphatic heterocycles. The van der Waals surface area contributed by atoms with Crippen molar-refractivity contribution in [2.75, 3.05) is 11.1 Å². The number of aromatic nitrogens is 1. The van der Waals surface area contributed by atoms with Gasteiger partial charge < -0.3 is 16.8 Å². The number of anilines is 2. The number of nitrogens with two attached hydrogens (primary N) is 2. The molecule has 1 aromatic carbocycles. The molecular weight excluding hydrogens is 228 g/mol. The van der Waals surface area contributed by atoms with Crippen molar-refractivity contribution in [1.29, 1.82) is 0 Å². The largest absolute Gasteiger partial charge is 0.398 e. The molecule has 5 N–H and O–H groups in total. The van der Waals surface area contributed by atoms with Gasteiger partial charge in [0.25, 0.3) is 0 Å². The van der Waals surface area contributed by atoms with Gasteiger partial charge in [-0.15, -0.1) is 0 Å². The Morgan fingerprint density at radius 1 is 1.28 bits per heavy atom. The molecule has 0 saturated carbocycles. The van der Waals surface area contributed by atoms with Gasteiger partial charge in [-0.25, -0.2) is 4.98 Å². The number of nitrogens with one attached hydrogen (secondary N) is 1. The van der Waals surface area contributed by atoms with Gasteiger partial charge in [0.1, 0.15) is 5.82 Å². The van der Waals surface area contributed by atoms with Crippen molar-refractivity contribution in [2.24, 2.45) is 5.73 Å². The van der Waals surface area contributed by atoms with Gasteiger partial charge in [0.2, 0.25) is 5.91 Å². The summed E-state index contributed by atoms with van der Waals surface area (Å²) in [7, 11) is 0. The number of carbonyl (C=O) groups excluding carboxylic acids is 1. The Kier molecular flexibility index (Phi) is 3.43. The predicted octanol–water partition coefficient (Wildman–Crippen LogP) is 1.37. The van der Waals surface area contributed by atoms with Crippen LogP contribution in [-0.4, -0.2) is 10.9 Å².